The van der Waals surface area contributed by atoms with Gasteiger partial charge < -0.3 is 15.2 Å². The summed E-state index contributed by atoms with van der Waals surface area (Å²) in [7, 11) is 1.86. The van der Waals surface area contributed by atoms with Crippen LogP contribution in [0.15, 0.2) is 18.2 Å². The zero-order chi connectivity index (χ0) is 13.7. The molecule has 0 radical (unpaired) electrons. The number of carboxylic acid groups (broad SMARTS) is 1. The number of hydrogen-bond donors (Lipinski definition) is 2. The van der Waals surface area contributed by atoms with E-state index in [1.54, 1.807) is 19.1 Å². The van der Waals surface area contributed by atoms with Crippen molar-refractivity contribution >= 4 is 17.6 Å². The third kappa shape index (κ3) is 3.62. The van der Waals surface area contributed by atoms with Crippen LogP contribution in [0.5, 0.6) is 5.75 Å². The molecule has 0 amide bonds. The maximum Gasteiger partial charge on any atom is 0.344 e. The van der Waals surface area contributed by atoms with E-state index in [0.717, 1.165) is 5.56 Å². The summed E-state index contributed by atoms with van der Waals surface area (Å²) in [6.07, 6.45) is -0.476. The molecule has 0 heterocycles. The molecule has 0 aliphatic carbocycles. The number of hydrogen-bond acceptors (Lipinski definition) is 3. The zero-order valence-corrected chi connectivity index (χ0v) is 11.5. The van der Waals surface area contributed by atoms with Crippen LogP contribution in [0.1, 0.15) is 31.9 Å². The molecular formula is C13H18ClNO3. The highest BCUT2D eigenvalue weighted by Gasteiger charge is 2.18. The van der Waals surface area contributed by atoms with Gasteiger partial charge in [0.05, 0.1) is 5.02 Å². The smallest absolute Gasteiger partial charge is 0.344 e. The summed E-state index contributed by atoms with van der Waals surface area (Å²) in [5, 5.41) is 12.5. The van der Waals surface area contributed by atoms with E-state index in [9.17, 15) is 4.79 Å². The van der Waals surface area contributed by atoms with Gasteiger partial charge in [-0.15, -0.1) is 0 Å². The van der Waals surface area contributed by atoms with Gasteiger partial charge in [0, 0.05) is 6.04 Å². The molecule has 0 spiro atoms. The molecule has 18 heavy (non-hydrogen) atoms. The Kier molecular flexibility index (Phi) is 5.44. The second kappa shape index (κ2) is 6.61. The first kappa shape index (κ1) is 14.8. The lowest BCUT2D eigenvalue weighted by Gasteiger charge is -2.16. The maximum absolute atomic E-state index is 10.9. The minimum Gasteiger partial charge on any atom is -0.479 e. The summed E-state index contributed by atoms with van der Waals surface area (Å²) in [6.45, 7) is 3.77. The Labute approximate surface area is 112 Å². The largest absolute Gasteiger partial charge is 0.479 e. The lowest BCUT2D eigenvalue weighted by atomic mass is 10.1. The third-order valence-corrected chi connectivity index (χ3v) is 3.10. The number of carbonyl (C=O) groups is 1. The SMILES string of the molecule is CCC(Oc1ccc(C(C)NC)cc1Cl)C(=O)O. The quantitative estimate of drug-likeness (QED) is 0.835. The number of halogens is 1. The van der Waals surface area contributed by atoms with Crippen LogP contribution < -0.4 is 10.1 Å². The van der Waals surface area contributed by atoms with Crippen LogP contribution in [0.2, 0.25) is 5.02 Å². The van der Waals surface area contributed by atoms with Crippen LogP contribution in [-0.4, -0.2) is 24.2 Å². The molecule has 4 nitrogen and oxygen atoms in total. The van der Waals surface area contributed by atoms with Crippen LogP contribution in [-0.2, 0) is 4.79 Å². The molecule has 100 valence electrons. The molecule has 2 unspecified atom stereocenters. The minimum atomic E-state index is -0.985. The highest BCUT2D eigenvalue weighted by molar-refractivity contribution is 6.32. The Hall–Kier alpha value is -1.26. The molecule has 1 rings (SSSR count). The van der Waals surface area contributed by atoms with Crippen LogP contribution in [0.4, 0.5) is 0 Å². The molecule has 0 saturated heterocycles. The number of rotatable bonds is 6. The van der Waals surface area contributed by atoms with Crippen molar-refractivity contribution in [1.29, 1.82) is 0 Å². The molecule has 0 aliphatic rings. The number of aliphatic carboxylic acids is 1. The van der Waals surface area contributed by atoms with E-state index in [1.165, 1.54) is 0 Å². The van der Waals surface area contributed by atoms with E-state index in [-0.39, 0.29) is 6.04 Å². The van der Waals surface area contributed by atoms with Crippen LogP contribution in [0.25, 0.3) is 0 Å². The normalized spacial score (nSPS) is 14.0. The van der Waals surface area contributed by atoms with E-state index in [4.69, 9.17) is 21.4 Å². The van der Waals surface area contributed by atoms with Gasteiger partial charge in [-0.25, -0.2) is 4.79 Å². The highest BCUT2D eigenvalue weighted by atomic mass is 35.5. The first-order chi connectivity index (χ1) is 8.49. The van der Waals surface area contributed by atoms with Crippen LogP contribution in [0, 0.1) is 0 Å². The first-order valence-electron chi connectivity index (χ1n) is 5.85. The second-order valence-corrected chi connectivity index (χ2v) is 4.46. The van der Waals surface area contributed by atoms with Gasteiger partial charge >= 0.3 is 5.97 Å². The zero-order valence-electron chi connectivity index (χ0n) is 10.7. The average molecular weight is 272 g/mol. The molecule has 1 aromatic carbocycles. The van der Waals surface area contributed by atoms with Crippen molar-refractivity contribution in [3.63, 3.8) is 0 Å². The summed E-state index contributed by atoms with van der Waals surface area (Å²) >= 11 is 6.09. The van der Waals surface area contributed by atoms with Crippen molar-refractivity contribution < 1.29 is 14.6 Å². The van der Waals surface area contributed by atoms with Crippen molar-refractivity contribution in [3.8, 4) is 5.75 Å². The maximum atomic E-state index is 10.9. The second-order valence-electron chi connectivity index (χ2n) is 4.05. The summed E-state index contributed by atoms with van der Waals surface area (Å²) < 4.78 is 5.37. The van der Waals surface area contributed by atoms with Gasteiger partial charge in [0.2, 0.25) is 0 Å². The molecule has 5 heteroatoms. The van der Waals surface area contributed by atoms with Gasteiger partial charge in [0.15, 0.2) is 6.10 Å². The number of carboxylic acids is 1. The molecule has 0 bridgehead atoms. The van der Waals surface area contributed by atoms with Gasteiger partial charge in [-0.3, -0.25) is 0 Å². The van der Waals surface area contributed by atoms with Crippen molar-refractivity contribution in [2.75, 3.05) is 7.05 Å². The van der Waals surface area contributed by atoms with Gasteiger partial charge in [0.25, 0.3) is 0 Å². The van der Waals surface area contributed by atoms with Crippen molar-refractivity contribution in [2.24, 2.45) is 0 Å². The van der Waals surface area contributed by atoms with Gasteiger partial charge in [-0.2, -0.15) is 0 Å². The van der Waals surface area contributed by atoms with Crippen molar-refractivity contribution in [1.82, 2.24) is 5.32 Å². The van der Waals surface area contributed by atoms with Crippen molar-refractivity contribution in [3.05, 3.63) is 28.8 Å². The average Bonchev–Trinajstić information content (AvgIpc) is 2.35. The van der Waals surface area contributed by atoms with E-state index < -0.39 is 12.1 Å². The first-order valence-corrected chi connectivity index (χ1v) is 6.23. The van der Waals surface area contributed by atoms with Crippen LogP contribution in [0.3, 0.4) is 0 Å². The molecule has 0 aliphatic heterocycles. The summed E-state index contributed by atoms with van der Waals surface area (Å²) in [5.74, 6) is -0.584. The Morgan fingerprint density at radius 1 is 1.56 bits per heavy atom. The Morgan fingerprint density at radius 2 is 2.22 bits per heavy atom. The Bertz CT molecular complexity index is 423. The fourth-order valence-corrected chi connectivity index (χ4v) is 1.74. The van der Waals surface area contributed by atoms with E-state index >= 15 is 0 Å². The standard InChI is InChI=1S/C13H18ClNO3/c1-4-11(13(16)17)18-12-6-5-9(7-10(12)14)8(2)15-3/h5-8,11,15H,4H2,1-3H3,(H,16,17). The topological polar surface area (TPSA) is 58.6 Å². The van der Waals surface area contributed by atoms with Gasteiger partial charge in [0.1, 0.15) is 5.75 Å². The molecular weight excluding hydrogens is 254 g/mol. The fraction of sp³-hybridized carbons (Fsp3) is 0.462. The fourth-order valence-electron chi connectivity index (χ4n) is 1.51. The van der Waals surface area contributed by atoms with Gasteiger partial charge in [-0.1, -0.05) is 24.6 Å². The predicted molar refractivity (Wildman–Crippen MR) is 71.3 cm³/mol. The highest BCUT2D eigenvalue weighted by Crippen LogP contribution is 2.29. The molecule has 2 atom stereocenters. The molecule has 1 aromatic rings. The van der Waals surface area contributed by atoms with Crippen LogP contribution >= 0.6 is 11.6 Å². The van der Waals surface area contributed by atoms with Gasteiger partial charge in [-0.05, 0) is 38.1 Å². The monoisotopic (exact) mass is 271 g/mol. The van der Waals surface area contributed by atoms with E-state index in [0.29, 0.717) is 17.2 Å². The lowest BCUT2D eigenvalue weighted by molar-refractivity contribution is -0.145. The Morgan fingerprint density at radius 3 is 2.67 bits per heavy atom. The third-order valence-electron chi connectivity index (χ3n) is 2.80. The lowest BCUT2D eigenvalue weighted by Crippen LogP contribution is -2.26. The Balaban J connectivity index is 2.88. The molecule has 0 saturated carbocycles. The number of nitrogens with one attached hydrogen (secondary N) is 1. The van der Waals surface area contributed by atoms with Crippen molar-refractivity contribution in [2.45, 2.75) is 32.4 Å². The van der Waals surface area contributed by atoms with E-state index in [1.807, 2.05) is 20.0 Å². The van der Waals surface area contributed by atoms with E-state index in [2.05, 4.69) is 5.32 Å². The summed E-state index contributed by atoms with van der Waals surface area (Å²) in [4.78, 5) is 10.9. The minimum absolute atomic E-state index is 0.179. The summed E-state index contributed by atoms with van der Waals surface area (Å²) in [5.41, 5.74) is 1.03. The predicted octanol–water partition coefficient (Wildman–Crippen LogP) is 2.86. The number of ether oxygens (including phenoxy) is 1. The molecule has 0 aromatic heterocycles. The number of benzene rings is 1. The molecule has 2 N–H and O–H groups in total. The summed E-state index contributed by atoms with van der Waals surface area (Å²) in [6, 6.07) is 5.54. The molecule has 0 fully saturated rings.